The van der Waals surface area contributed by atoms with Gasteiger partial charge < -0.3 is 20.7 Å². The number of rotatable bonds is 10. The van der Waals surface area contributed by atoms with E-state index in [4.69, 9.17) is 0 Å². The number of likely N-dealkylation sites (N-methyl/N-ethyl adjacent to an activating group) is 1. The summed E-state index contributed by atoms with van der Waals surface area (Å²) in [5, 5.41) is 7.32. The van der Waals surface area contributed by atoms with Crippen molar-refractivity contribution in [2.75, 3.05) is 20.2 Å². The standard InChI is InChI=1S/C14H23N3O5.C2H4/c1-4-6-7-11(18)16-9-12(19)17-10(8-13(20)22-3)14(21)15-5-2;1-2/h4,10H,1,5-9H2,2-3H3,(H,15,21)(H,16,18)(H,17,19);1-2H2. The summed E-state index contributed by atoms with van der Waals surface area (Å²) in [6, 6.07) is -1.04. The van der Waals surface area contributed by atoms with Crippen LogP contribution >= 0.6 is 0 Å². The normalized spacial score (nSPS) is 10.2. The smallest absolute Gasteiger partial charge is 0.308 e. The third-order valence-corrected chi connectivity index (χ3v) is 2.62. The fourth-order valence-corrected chi connectivity index (χ4v) is 1.50. The van der Waals surface area contributed by atoms with Crippen molar-refractivity contribution in [3.05, 3.63) is 25.8 Å². The minimum atomic E-state index is -1.04. The number of methoxy groups -OCH3 is 1. The molecule has 0 spiro atoms. The fourth-order valence-electron chi connectivity index (χ4n) is 1.50. The Morgan fingerprint density at radius 3 is 2.25 bits per heavy atom. The van der Waals surface area contributed by atoms with Crippen LogP contribution in [0.2, 0.25) is 0 Å². The van der Waals surface area contributed by atoms with Gasteiger partial charge in [-0.2, -0.15) is 0 Å². The Morgan fingerprint density at radius 2 is 1.75 bits per heavy atom. The number of hydrogen-bond acceptors (Lipinski definition) is 5. The van der Waals surface area contributed by atoms with Crippen molar-refractivity contribution < 1.29 is 23.9 Å². The molecule has 0 heterocycles. The third-order valence-electron chi connectivity index (χ3n) is 2.62. The molecule has 8 heteroatoms. The van der Waals surface area contributed by atoms with E-state index in [9.17, 15) is 19.2 Å². The van der Waals surface area contributed by atoms with Gasteiger partial charge in [0.25, 0.3) is 0 Å². The maximum Gasteiger partial charge on any atom is 0.308 e. The molecule has 136 valence electrons. The van der Waals surface area contributed by atoms with E-state index in [2.05, 4.69) is 40.4 Å². The predicted octanol–water partition coefficient (Wildman–Crippen LogP) is 0.0550. The number of carbonyl (C=O) groups is 4. The zero-order valence-corrected chi connectivity index (χ0v) is 14.4. The number of amides is 3. The second kappa shape index (κ2) is 15.3. The first-order valence-electron chi connectivity index (χ1n) is 7.46. The van der Waals surface area contributed by atoms with Crippen LogP contribution in [0.1, 0.15) is 26.2 Å². The molecular formula is C16H27N3O5. The second-order valence-corrected chi connectivity index (χ2v) is 4.40. The summed E-state index contributed by atoms with van der Waals surface area (Å²) in [6.07, 6.45) is 2.07. The van der Waals surface area contributed by atoms with Crippen LogP contribution in [0.25, 0.3) is 0 Å². The molecule has 0 fully saturated rings. The van der Waals surface area contributed by atoms with Crippen LogP contribution in [0.3, 0.4) is 0 Å². The highest BCUT2D eigenvalue weighted by Crippen LogP contribution is 1.96. The van der Waals surface area contributed by atoms with Gasteiger partial charge in [-0.1, -0.05) is 6.08 Å². The molecule has 0 rings (SSSR count). The molecule has 0 aromatic rings. The molecule has 0 aliphatic rings. The van der Waals surface area contributed by atoms with E-state index in [1.54, 1.807) is 13.0 Å². The van der Waals surface area contributed by atoms with Gasteiger partial charge in [-0.25, -0.2) is 0 Å². The molecule has 24 heavy (non-hydrogen) atoms. The highest BCUT2D eigenvalue weighted by atomic mass is 16.5. The van der Waals surface area contributed by atoms with Gasteiger partial charge in [0.15, 0.2) is 0 Å². The molecule has 0 radical (unpaired) electrons. The van der Waals surface area contributed by atoms with Crippen molar-refractivity contribution in [3.63, 3.8) is 0 Å². The van der Waals surface area contributed by atoms with E-state index in [1.807, 2.05) is 0 Å². The largest absolute Gasteiger partial charge is 0.469 e. The highest BCUT2D eigenvalue weighted by Gasteiger charge is 2.23. The molecule has 8 nitrogen and oxygen atoms in total. The lowest BCUT2D eigenvalue weighted by molar-refractivity contribution is -0.143. The zero-order valence-electron chi connectivity index (χ0n) is 14.4. The summed E-state index contributed by atoms with van der Waals surface area (Å²) >= 11 is 0. The van der Waals surface area contributed by atoms with Crippen molar-refractivity contribution in [3.8, 4) is 0 Å². The van der Waals surface area contributed by atoms with Crippen molar-refractivity contribution in [2.24, 2.45) is 0 Å². The Kier molecular flexibility index (Phi) is 15.0. The van der Waals surface area contributed by atoms with Crippen LogP contribution in [0, 0.1) is 0 Å². The molecular weight excluding hydrogens is 314 g/mol. The van der Waals surface area contributed by atoms with Gasteiger partial charge in [-0.05, 0) is 13.3 Å². The number of hydrogen-bond donors (Lipinski definition) is 3. The van der Waals surface area contributed by atoms with E-state index in [0.717, 1.165) is 0 Å². The summed E-state index contributed by atoms with van der Waals surface area (Å²) in [4.78, 5) is 46.1. The van der Waals surface area contributed by atoms with Gasteiger partial charge in [0.2, 0.25) is 17.7 Å². The third kappa shape index (κ3) is 12.0. The van der Waals surface area contributed by atoms with Crippen LogP contribution < -0.4 is 16.0 Å². The van der Waals surface area contributed by atoms with Gasteiger partial charge in [0, 0.05) is 13.0 Å². The summed E-state index contributed by atoms with van der Waals surface area (Å²) in [7, 11) is 1.19. The second-order valence-electron chi connectivity index (χ2n) is 4.40. The predicted molar refractivity (Wildman–Crippen MR) is 90.9 cm³/mol. The van der Waals surface area contributed by atoms with E-state index in [-0.39, 0.29) is 25.3 Å². The van der Waals surface area contributed by atoms with Gasteiger partial charge >= 0.3 is 5.97 Å². The van der Waals surface area contributed by atoms with Crippen LogP contribution in [0.5, 0.6) is 0 Å². The lowest BCUT2D eigenvalue weighted by Crippen LogP contribution is -2.50. The lowest BCUT2D eigenvalue weighted by atomic mass is 10.2. The van der Waals surface area contributed by atoms with Crippen molar-refractivity contribution in [1.82, 2.24) is 16.0 Å². The summed E-state index contributed by atoms with van der Waals surface area (Å²) in [5.74, 6) is -1.96. The van der Waals surface area contributed by atoms with Crippen LogP contribution in [0.15, 0.2) is 25.8 Å². The summed E-state index contributed by atoms with van der Waals surface area (Å²) in [5.41, 5.74) is 0. The Hall–Kier alpha value is -2.64. The van der Waals surface area contributed by atoms with E-state index in [1.165, 1.54) is 7.11 Å². The number of nitrogens with one attached hydrogen (secondary N) is 3. The molecule has 0 aliphatic carbocycles. The van der Waals surface area contributed by atoms with Gasteiger partial charge in [-0.15, -0.1) is 19.7 Å². The number of esters is 1. The van der Waals surface area contributed by atoms with E-state index >= 15 is 0 Å². The Labute approximate surface area is 142 Å². The van der Waals surface area contributed by atoms with Gasteiger partial charge in [0.05, 0.1) is 20.1 Å². The molecule has 0 aromatic carbocycles. The molecule has 0 saturated heterocycles. The molecule has 0 saturated carbocycles. The van der Waals surface area contributed by atoms with Gasteiger partial charge in [0.1, 0.15) is 6.04 Å². The number of carbonyl (C=O) groups excluding carboxylic acids is 4. The first-order chi connectivity index (χ1) is 11.4. The summed E-state index contributed by atoms with van der Waals surface area (Å²) in [6.45, 7) is 11.3. The highest BCUT2D eigenvalue weighted by molar-refractivity contribution is 5.92. The van der Waals surface area contributed by atoms with Crippen molar-refractivity contribution >= 4 is 23.7 Å². The van der Waals surface area contributed by atoms with Crippen LogP contribution in [-0.2, 0) is 23.9 Å². The monoisotopic (exact) mass is 341 g/mol. The SMILES string of the molecule is C=C.C=CCCC(=O)NCC(=O)NC(CC(=O)OC)C(=O)NCC. The Morgan fingerprint density at radius 1 is 1.12 bits per heavy atom. The molecule has 0 aliphatic heterocycles. The summed E-state index contributed by atoms with van der Waals surface area (Å²) < 4.78 is 4.48. The quantitative estimate of drug-likeness (QED) is 0.384. The molecule has 0 bridgehead atoms. The zero-order chi connectivity index (χ0) is 19.0. The average molecular weight is 341 g/mol. The van der Waals surface area contributed by atoms with E-state index in [0.29, 0.717) is 13.0 Å². The first kappa shape index (κ1) is 23.6. The Bertz CT molecular complexity index is 437. The number of allylic oxidation sites excluding steroid dienone is 1. The number of ether oxygens (including phenoxy) is 1. The minimum absolute atomic E-state index is 0.235. The molecule has 3 amide bonds. The Balaban J connectivity index is 0. The maximum absolute atomic E-state index is 11.8. The minimum Gasteiger partial charge on any atom is -0.469 e. The molecule has 1 unspecified atom stereocenters. The van der Waals surface area contributed by atoms with Crippen LogP contribution in [-0.4, -0.2) is 49.9 Å². The van der Waals surface area contributed by atoms with E-state index < -0.39 is 23.8 Å². The first-order valence-corrected chi connectivity index (χ1v) is 7.46. The topological polar surface area (TPSA) is 114 Å². The molecule has 3 N–H and O–H groups in total. The fraction of sp³-hybridized carbons (Fsp3) is 0.500. The van der Waals surface area contributed by atoms with Gasteiger partial charge in [-0.3, -0.25) is 19.2 Å². The molecule has 1 atom stereocenters. The van der Waals surface area contributed by atoms with Crippen LogP contribution in [0.4, 0.5) is 0 Å². The molecule has 0 aromatic heterocycles. The average Bonchev–Trinajstić information content (AvgIpc) is 2.59. The maximum atomic E-state index is 11.8. The van der Waals surface area contributed by atoms with Crippen molar-refractivity contribution in [2.45, 2.75) is 32.2 Å². The van der Waals surface area contributed by atoms with Crippen molar-refractivity contribution in [1.29, 1.82) is 0 Å². The lowest BCUT2D eigenvalue weighted by Gasteiger charge is -2.17.